The van der Waals surface area contributed by atoms with Crippen LogP contribution in [0.4, 0.5) is 10.1 Å². The number of nitro groups is 1. The molecule has 1 fully saturated rings. The highest BCUT2D eigenvalue weighted by molar-refractivity contribution is 7.89. The molecule has 1 saturated heterocycles. The number of hydrogen-bond donors (Lipinski definition) is 3. The van der Waals surface area contributed by atoms with Gasteiger partial charge in [0.05, 0.1) is 21.5 Å². The molecule has 1 aromatic carbocycles. The predicted molar refractivity (Wildman–Crippen MR) is 76.8 cm³/mol. The second-order valence-corrected chi connectivity index (χ2v) is 7.06. The van der Waals surface area contributed by atoms with E-state index in [1.807, 2.05) is 13.8 Å². The van der Waals surface area contributed by atoms with Crippen LogP contribution in [0, 0.1) is 28.8 Å². The minimum absolute atomic E-state index is 0.0387. The van der Waals surface area contributed by atoms with Gasteiger partial charge in [0.2, 0.25) is 10.0 Å². The average molecular weight is 332 g/mol. The molecule has 3 unspecified atom stereocenters. The summed E-state index contributed by atoms with van der Waals surface area (Å²) in [5.74, 6) is -0.992. The molecular formula is C12H17FN4O4S. The van der Waals surface area contributed by atoms with Gasteiger partial charge >= 0.3 is 0 Å². The third-order valence-corrected chi connectivity index (χ3v) is 5.28. The van der Waals surface area contributed by atoms with Crippen LogP contribution in [-0.2, 0) is 10.0 Å². The van der Waals surface area contributed by atoms with E-state index in [0.29, 0.717) is 0 Å². The summed E-state index contributed by atoms with van der Waals surface area (Å²) in [7, 11) is -4.09. The zero-order valence-electron chi connectivity index (χ0n) is 12.3. The van der Waals surface area contributed by atoms with E-state index in [4.69, 9.17) is 0 Å². The van der Waals surface area contributed by atoms with Crippen LogP contribution in [0.3, 0.4) is 0 Å². The smallest absolute Gasteiger partial charge is 0.258 e. The lowest BCUT2D eigenvalue weighted by molar-refractivity contribution is -0.385. The third-order valence-electron chi connectivity index (χ3n) is 3.86. The fraction of sp³-hybridized carbons (Fsp3) is 0.500. The Morgan fingerprint density at radius 2 is 1.95 bits per heavy atom. The Balaban J connectivity index is 2.36. The first kappa shape index (κ1) is 16.7. The highest BCUT2D eigenvalue weighted by Crippen LogP contribution is 2.26. The molecule has 0 saturated carbocycles. The fourth-order valence-corrected chi connectivity index (χ4v) is 3.40. The summed E-state index contributed by atoms with van der Waals surface area (Å²) in [5, 5.41) is 10.9. The highest BCUT2D eigenvalue weighted by atomic mass is 32.2. The van der Waals surface area contributed by atoms with Gasteiger partial charge in [-0.05, 0) is 19.9 Å². The first-order valence-electron chi connectivity index (χ1n) is 6.61. The number of halogens is 1. The van der Waals surface area contributed by atoms with E-state index in [9.17, 15) is 22.9 Å². The molecule has 1 aliphatic rings. The van der Waals surface area contributed by atoms with Gasteiger partial charge in [-0.15, -0.1) is 0 Å². The second kappa shape index (κ2) is 5.88. The number of nitrogens with zero attached hydrogens (tertiary/aromatic N) is 1. The molecule has 1 heterocycles. The van der Waals surface area contributed by atoms with Crippen LogP contribution in [0.5, 0.6) is 0 Å². The van der Waals surface area contributed by atoms with Crippen molar-refractivity contribution in [3.05, 3.63) is 33.6 Å². The van der Waals surface area contributed by atoms with Crippen LogP contribution in [0.1, 0.15) is 19.4 Å². The number of benzene rings is 1. The molecule has 22 heavy (non-hydrogen) atoms. The van der Waals surface area contributed by atoms with Gasteiger partial charge in [0.25, 0.3) is 5.69 Å². The quantitative estimate of drug-likeness (QED) is 0.555. The lowest BCUT2D eigenvalue weighted by Crippen LogP contribution is -2.46. The van der Waals surface area contributed by atoms with Crippen LogP contribution >= 0.6 is 0 Å². The van der Waals surface area contributed by atoms with Crippen molar-refractivity contribution in [3.8, 4) is 0 Å². The van der Waals surface area contributed by atoms with Crippen LogP contribution in [0.2, 0.25) is 0 Å². The van der Waals surface area contributed by atoms with Crippen molar-refractivity contribution in [2.75, 3.05) is 0 Å². The molecule has 1 aliphatic heterocycles. The second-order valence-electron chi connectivity index (χ2n) is 5.34. The SMILES string of the molecule is Cc1c(F)cc(S(=O)(=O)NC2NNC(C)C2C)cc1[N+](=O)[O-]. The first-order chi connectivity index (χ1) is 10.1. The molecular weight excluding hydrogens is 315 g/mol. The lowest BCUT2D eigenvalue weighted by Gasteiger charge is -2.18. The Morgan fingerprint density at radius 3 is 2.45 bits per heavy atom. The number of nitro benzene ring substituents is 1. The van der Waals surface area contributed by atoms with Crippen molar-refractivity contribution in [1.82, 2.24) is 15.6 Å². The Hall–Kier alpha value is -1.62. The molecule has 2 rings (SSSR count). The summed E-state index contributed by atoms with van der Waals surface area (Å²) in [5.41, 5.74) is 4.89. The fourth-order valence-electron chi connectivity index (χ4n) is 2.13. The number of hydrazine groups is 1. The van der Waals surface area contributed by atoms with Gasteiger partial charge in [0.15, 0.2) is 0 Å². The van der Waals surface area contributed by atoms with Crippen molar-refractivity contribution >= 4 is 15.7 Å². The molecule has 0 radical (unpaired) electrons. The van der Waals surface area contributed by atoms with Gasteiger partial charge < -0.3 is 0 Å². The van der Waals surface area contributed by atoms with Crippen molar-refractivity contribution in [3.63, 3.8) is 0 Å². The topological polar surface area (TPSA) is 113 Å². The van der Waals surface area contributed by atoms with Crippen LogP contribution in [0.25, 0.3) is 0 Å². The summed E-state index contributed by atoms with van der Waals surface area (Å²) in [6.07, 6.45) is -0.594. The maximum Gasteiger partial charge on any atom is 0.276 e. The number of nitrogens with one attached hydrogen (secondary N) is 3. The van der Waals surface area contributed by atoms with Gasteiger partial charge in [0.1, 0.15) is 5.82 Å². The Morgan fingerprint density at radius 1 is 1.32 bits per heavy atom. The minimum atomic E-state index is -4.09. The maximum absolute atomic E-state index is 13.8. The molecule has 3 atom stereocenters. The Kier molecular flexibility index (Phi) is 4.47. The number of sulfonamides is 1. The summed E-state index contributed by atoms with van der Waals surface area (Å²) >= 11 is 0. The normalized spacial score (nSPS) is 25.4. The van der Waals surface area contributed by atoms with Gasteiger partial charge in [0, 0.05) is 18.0 Å². The summed E-state index contributed by atoms with van der Waals surface area (Å²) in [6, 6.07) is 1.68. The molecule has 0 spiro atoms. The van der Waals surface area contributed by atoms with E-state index in [1.54, 1.807) is 0 Å². The number of hydrogen-bond acceptors (Lipinski definition) is 6. The zero-order chi connectivity index (χ0) is 16.7. The summed E-state index contributed by atoms with van der Waals surface area (Å²) < 4.78 is 40.8. The van der Waals surface area contributed by atoms with Gasteiger partial charge in [-0.3, -0.25) is 15.5 Å². The zero-order valence-corrected chi connectivity index (χ0v) is 13.1. The van der Waals surface area contributed by atoms with E-state index >= 15 is 0 Å². The largest absolute Gasteiger partial charge is 0.276 e. The van der Waals surface area contributed by atoms with Crippen molar-refractivity contribution in [1.29, 1.82) is 0 Å². The predicted octanol–water partition coefficient (Wildman–Crippen LogP) is 0.779. The molecule has 0 aromatic heterocycles. The first-order valence-corrected chi connectivity index (χ1v) is 8.09. The molecule has 1 aromatic rings. The third kappa shape index (κ3) is 3.09. The van der Waals surface area contributed by atoms with Gasteiger partial charge in [-0.25, -0.2) is 18.2 Å². The van der Waals surface area contributed by atoms with E-state index in [0.717, 1.165) is 12.1 Å². The molecule has 0 bridgehead atoms. The molecule has 0 amide bonds. The lowest BCUT2D eigenvalue weighted by atomic mass is 10.0. The summed E-state index contributed by atoms with van der Waals surface area (Å²) in [4.78, 5) is 9.61. The number of rotatable bonds is 4. The Bertz CT molecular complexity index is 709. The van der Waals surface area contributed by atoms with Crippen molar-refractivity contribution in [2.24, 2.45) is 5.92 Å². The molecule has 10 heteroatoms. The summed E-state index contributed by atoms with van der Waals surface area (Å²) in [6.45, 7) is 4.94. The van der Waals surface area contributed by atoms with Gasteiger partial charge in [-0.1, -0.05) is 6.92 Å². The molecule has 8 nitrogen and oxygen atoms in total. The van der Waals surface area contributed by atoms with Crippen molar-refractivity contribution in [2.45, 2.75) is 37.9 Å². The van der Waals surface area contributed by atoms with Crippen molar-refractivity contribution < 1.29 is 17.7 Å². The van der Waals surface area contributed by atoms with Crippen LogP contribution in [-0.4, -0.2) is 25.5 Å². The van der Waals surface area contributed by atoms with E-state index in [2.05, 4.69) is 15.6 Å². The average Bonchev–Trinajstić information content (AvgIpc) is 2.72. The van der Waals surface area contributed by atoms with Gasteiger partial charge in [-0.2, -0.15) is 4.72 Å². The highest BCUT2D eigenvalue weighted by Gasteiger charge is 2.33. The Labute approximate surface area is 127 Å². The van der Waals surface area contributed by atoms with E-state index < -0.39 is 37.5 Å². The maximum atomic E-state index is 13.8. The molecule has 0 aliphatic carbocycles. The van der Waals surface area contributed by atoms with Crippen LogP contribution in [0.15, 0.2) is 17.0 Å². The van der Waals surface area contributed by atoms with Crippen LogP contribution < -0.4 is 15.6 Å². The van der Waals surface area contributed by atoms with E-state index in [1.165, 1.54) is 6.92 Å². The molecule has 122 valence electrons. The minimum Gasteiger partial charge on any atom is -0.258 e. The standard InChI is InChI=1S/C12H17FN4O4S/c1-6-8(3)14-15-12(6)16-22(20,21)9-4-10(13)7(2)11(5-9)17(18)19/h4-6,8,12,14-16H,1-3H3. The monoisotopic (exact) mass is 332 g/mol. The molecule has 3 N–H and O–H groups in total. The van der Waals surface area contributed by atoms with E-state index in [-0.39, 0.29) is 17.5 Å².